The zero-order chi connectivity index (χ0) is 16.8. The maximum absolute atomic E-state index is 11.7. The Morgan fingerprint density at radius 1 is 1.48 bits per heavy atom. The second-order valence-electron chi connectivity index (χ2n) is 4.37. The minimum atomic E-state index is -0.511. The summed E-state index contributed by atoms with van der Waals surface area (Å²) in [5.74, 6) is -0.0872. The van der Waals surface area contributed by atoms with Crippen molar-refractivity contribution in [1.29, 1.82) is 0 Å². The van der Waals surface area contributed by atoms with Gasteiger partial charge >= 0.3 is 0 Å². The summed E-state index contributed by atoms with van der Waals surface area (Å²) in [4.78, 5) is 22.8. The normalized spacial score (nSPS) is 11.1. The Balaban J connectivity index is 1.89. The second kappa shape index (κ2) is 7.84. The molecule has 0 spiro atoms. The number of hydrogen-bond acceptors (Lipinski definition) is 6. The molecular formula is C14H12BrN3O4S. The van der Waals surface area contributed by atoms with Crippen LogP contribution in [-0.4, -0.2) is 23.1 Å². The number of nitro benzene ring substituents is 1. The number of carbonyl (C=O) groups excluding carboxylic acids is 1. The number of amides is 1. The van der Waals surface area contributed by atoms with Gasteiger partial charge in [0.25, 0.3) is 11.6 Å². The van der Waals surface area contributed by atoms with Crippen molar-refractivity contribution in [3.8, 4) is 5.75 Å². The summed E-state index contributed by atoms with van der Waals surface area (Å²) in [7, 11) is 0. The smallest absolute Gasteiger partial charge is 0.277 e. The van der Waals surface area contributed by atoms with Crippen molar-refractivity contribution in [3.05, 3.63) is 55.2 Å². The predicted octanol–water partition coefficient (Wildman–Crippen LogP) is 3.34. The van der Waals surface area contributed by atoms with Gasteiger partial charge in [-0.15, -0.1) is 11.3 Å². The van der Waals surface area contributed by atoms with Crippen molar-refractivity contribution in [3.63, 3.8) is 0 Å². The third-order valence-corrected chi connectivity index (χ3v) is 4.31. The maximum atomic E-state index is 11.7. The molecule has 0 fully saturated rings. The Hall–Kier alpha value is -2.26. The van der Waals surface area contributed by atoms with E-state index >= 15 is 0 Å². The molecule has 1 amide bonds. The van der Waals surface area contributed by atoms with Crippen LogP contribution in [0.5, 0.6) is 5.75 Å². The van der Waals surface area contributed by atoms with Gasteiger partial charge in [-0.25, -0.2) is 5.43 Å². The number of hydrogen-bond donors (Lipinski definition) is 1. The number of halogens is 1. The lowest BCUT2D eigenvalue weighted by molar-refractivity contribution is -0.384. The molecule has 0 bridgehead atoms. The van der Waals surface area contributed by atoms with Crippen LogP contribution in [-0.2, 0) is 4.79 Å². The zero-order valence-corrected chi connectivity index (χ0v) is 14.4. The molecule has 1 N–H and O–H groups in total. The highest BCUT2D eigenvalue weighted by molar-refractivity contribution is 9.10. The molecule has 120 valence electrons. The molecule has 0 saturated carbocycles. The van der Waals surface area contributed by atoms with Gasteiger partial charge in [-0.05, 0) is 40.4 Å². The summed E-state index contributed by atoms with van der Waals surface area (Å²) in [5.41, 5.74) is 3.03. The molecule has 1 aromatic carbocycles. The number of nitrogens with one attached hydrogen (secondary N) is 1. The topological polar surface area (TPSA) is 93.8 Å². The monoisotopic (exact) mass is 397 g/mol. The number of rotatable bonds is 6. The molecule has 23 heavy (non-hydrogen) atoms. The van der Waals surface area contributed by atoms with Gasteiger partial charge in [0.05, 0.1) is 15.1 Å². The van der Waals surface area contributed by atoms with Crippen LogP contribution in [0.25, 0.3) is 0 Å². The predicted molar refractivity (Wildman–Crippen MR) is 91.0 cm³/mol. The number of carbonyl (C=O) groups is 1. The van der Waals surface area contributed by atoms with E-state index in [0.717, 1.165) is 4.88 Å². The summed E-state index contributed by atoms with van der Waals surface area (Å²) in [5, 5.41) is 16.5. The first-order valence-corrected chi connectivity index (χ1v) is 8.08. The van der Waals surface area contributed by atoms with Crippen molar-refractivity contribution in [1.82, 2.24) is 5.43 Å². The van der Waals surface area contributed by atoms with Gasteiger partial charge < -0.3 is 4.74 Å². The lowest BCUT2D eigenvalue weighted by Crippen LogP contribution is -2.25. The Labute approximate surface area is 144 Å². The fraction of sp³-hybridized carbons (Fsp3) is 0.143. The van der Waals surface area contributed by atoms with Crippen LogP contribution in [0.15, 0.2) is 45.3 Å². The molecule has 7 nitrogen and oxygen atoms in total. The number of hydrazone groups is 1. The molecule has 0 radical (unpaired) electrons. The molecule has 0 atom stereocenters. The van der Waals surface area contributed by atoms with Crippen molar-refractivity contribution < 1.29 is 14.5 Å². The highest BCUT2D eigenvalue weighted by Gasteiger charge is 2.11. The summed E-state index contributed by atoms with van der Waals surface area (Å²) in [6.45, 7) is 1.54. The average Bonchev–Trinajstić information content (AvgIpc) is 3.05. The van der Waals surface area contributed by atoms with Crippen molar-refractivity contribution in [2.75, 3.05) is 6.61 Å². The van der Waals surface area contributed by atoms with E-state index < -0.39 is 10.8 Å². The Morgan fingerprint density at radius 3 is 2.87 bits per heavy atom. The van der Waals surface area contributed by atoms with E-state index in [0.29, 0.717) is 15.9 Å². The van der Waals surface area contributed by atoms with Crippen LogP contribution in [0.2, 0.25) is 0 Å². The number of thiophene rings is 1. The number of non-ortho nitro benzene ring substituents is 1. The van der Waals surface area contributed by atoms with E-state index in [1.807, 2.05) is 17.5 Å². The Kier molecular flexibility index (Phi) is 5.83. The molecule has 0 aliphatic carbocycles. The van der Waals surface area contributed by atoms with E-state index in [9.17, 15) is 14.9 Å². The first-order chi connectivity index (χ1) is 11.0. The first kappa shape index (κ1) is 17.1. The van der Waals surface area contributed by atoms with Crippen LogP contribution in [0, 0.1) is 10.1 Å². The third-order valence-electron chi connectivity index (χ3n) is 2.71. The molecule has 0 saturated heterocycles. The molecular weight excluding hydrogens is 386 g/mol. The summed E-state index contributed by atoms with van der Waals surface area (Å²) in [6.07, 6.45) is 0. The van der Waals surface area contributed by atoms with Gasteiger partial charge in [-0.2, -0.15) is 5.10 Å². The van der Waals surface area contributed by atoms with Crippen LogP contribution >= 0.6 is 27.3 Å². The summed E-state index contributed by atoms with van der Waals surface area (Å²) in [6, 6.07) is 7.84. The van der Waals surface area contributed by atoms with Crippen LogP contribution in [0.4, 0.5) is 5.69 Å². The lowest BCUT2D eigenvalue weighted by Gasteiger charge is -2.07. The number of ether oxygens (including phenoxy) is 1. The van der Waals surface area contributed by atoms with Crippen molar-refractivity contribution in [2.24, 2.45) is 5.10 Å². The SMILES string of the molecule is C/C(=N/NC(=O)COc1ccc([N+](=O)[O-])cc1Br)c1cccs1. The Bertz CT molecular complexity index is 746. The molecule has 2 rings (SSSR count). The van der Waals surface area contributed by atoms with E-state index in [1.54, 1.807) is 6.92 Å². The van der Waals surface area contributed by atoms with Crippen LogP contribution in [0.3, 0.4) is 0 Å². The molecule has 0 unspecified atom stereocenters. The van der Waals surface area contributed by atoms with E-state index in [1.165, 1.54) is 29.5 Å². The van der Waals surface area contributed by atoms with Gasteiger partial charge in [0.15, 0.2) is 6.61 Å². The lowest BCUT2D eigenvalue weighted by atomic mass is 10.3. The van der Waals surface area contributed by atoms with E-state index in [4.69, 9.17) is 4.74 Å². The third kappa shape index (κ3) is 4.86. The molecule has 0 aliphatic heterocycles. The van der Waals surface area contributed by atoms with Gasteiger partial charge in [0.1, 0.15) is 5.75 Å². The minimum absolute atomic E-state index is 0.0650. The highest BCUT2D eigenvalue weighted by atomic mass is 79.9. The van der Waals surface area contributed by atoms with Gasteiger partial charge in [0, 0.05) is 17.0 Å². The minimum Gasteiger partial charge on any atom is -0.483 e. The number of nitro groups is 1. The molecule has 0 aliphatic rings. The zero-order valence-electron chi connectivity index (χ0n) is 12.0. The second-order valence-corrected chi connectivity index (χ2v) is 6.17. The average molecular weight is 398 g/mol. The van der Waals surface area contributed by atoms with Gasteiger partial charge in [0.2, 0.25) is 0 Å². The fourth-order valence-corrected chi connectivity index (χ4v) is 2.74. The number of benzene rings is 1. The van der Waals surface area contributed by atoms with E-state index in [2.05, 4.69) is 26.5 Å². The van der Waals surface area contributed by atoms with Crippen molar-refractivity contribution in [2.45, 2.75) is 6.92 Å². The molecule has 1 heterocycles. The largest absolute Gasteiger partial charge is 0.483 e. The van der Waals surface area contributed by atoms with E-state index in [-0.39, 0.29) is 12.3 Å². The Morgan fingerprint density at radius 2 is 2.26 bits per heavy atom. The highest BCUT2D eigenvalue weighted by Crippen LogP contribution is 2.28. The summed E-state index contributed by atoms with van der Waals surface area (Å²) < 4.78 is 5.71. The summed E-state index contributed by atoms with van der Waals surface area (Å²) >= 11 is 4.69. The fourth-order valence-electron chi connectivity index (χ4n) is 1.58. The quantitative estimate of drug-likeness (QED) is 0.459. The van der Waals surface area contributed by atoms with Crippen LogP contribution < -0.4 is 10.2 Å². The molecule has 2 aromatic rings. The molecule has 9 heteroatoms. The first-order valence-electron chi connectivity index (χ1n) is 6.41. The van der Waals surface area contributed by atoms with Crippen molar-refractivity contribution >= 4 is 44.6 Å². The van der Waals surface area contributed by atoms with Gasteiger partial charge in [-0.3, -0.25) is 14.9 Å². The molecule has 1 aromatic heterocycles. The standard InChI is InChI=1S/C14H12BrN3O4S/c1-9(13-3-2-6-23-13)16-17-14(19)8-22-12-5-4-10(18(20)21)7-11(12)15/h2-7H,8H2,1H3,(H,17,19)/b16-9-. The number of nitrogens with zero attached hydrogens (tertiary/aromatic N) is 2. The maximum Gasteiger partial charge on any atom is 0.277 e. The van der Waals surface area contributed by atoms with Gasteiger partial charge in [-0.1, -0.05) is 6.07 Å². The van der Waals surface area contributed by atoms with Crippen LogP contribution in [0.1, 0.15) is 11.8 Å².